The fourth-order valence-corrected chi connectivity index (χ4v) is 1.87. The number of hydrogen-bond acceptors (Lipinski definition) is 4. The fraction of sp³-hybridized carbons (Fsp3) is 0.333. The molecule has 0 atom stereocenters. The van der Waals surface area contributed by atoms with E-state index >= 15 is 0 Å². The minimum Gasteiger partial charge on any atom is -0.466 e. The van der Waals surface area contributed by atoms with E-state index in [0.717, 1.165) is 0 Å². The lowest BCUT2D eigenvalue weighted by Crippen LogP contribution is -2.09. The zero-order valence-corrected chi connectivity index (χ0v) is 11.6. The molecule has 104 valence electrons. The van der Waals surface area contributed by atoms with E-state index in [4.69, 9.17) is 4.74 Å². The average Bonchev–Trinajstić information content (AvgIpc) is 2.32. The molecule has 0 radical (unpaired) electrons. The molecule has 1 aromatic rings. The molecule has 0 saturated heterocycles. The maximum Gasteiger partial charge on any atom is 0.387 e. The van der Waals surface area contributed by atoms with Crippen molar-refractivity contribution in [2.75, 3.05) is 6.61 Å². The van der Waals surface area contributed by atoms with Gasteiger partial charge in [0.1, 0.15) is 5.75 Å². The van der Waals surface area contributed by atoms with Gasteiger partial charge in [0.05, 0.1) is 18.6 Å². The standard InChI is InChI=1S/C12H11BrF2O4/c1-2-18-11(17)4-7-3-8(6-16)10(5-9(7)13)19-12(14)15/h3,5-6,12H,2,4H2,1H3. The van der Waals surface area contributed by atoms with Crippen LogP contribution in [0.25, 0.3) is 0 Å². The Bertz CT molecular complexity index is 477. The predicted octanol–water partition coefficient (Wildman–Crippen LogP) is 2.97. The van der Waals surface area contributed by atoms with E-state index in [-0.39, 0.29) is 24.3 Å². The summed E-state index contributed by atoms with van der Waals surface area (Å²) in [5, 5.41) is 0. The van der Waals surface area contributed by atoms with Gasteiger partial charge < -0.3 is 9.47 Å². The molecule has 0 aliphatic carbocycles. The molecule has 0 saturated carbocycles. The summed E-state index contributed by atoms with van der Waals surface area (Å²) < 4.78 is 33.7. The van der Waals surface area contributed by atoms with Gasteiger partial charge in [-0.25, -0.2) is 0 Å². The summed E-state index contributed by atoms with van der Waals surface area (Å²) in [5.41, 5.74) is 0.407. The lowest BCUT2D eigenvalue weighted by Gasteiger charge is -2.11. The van der Waals surface area contributed by atoms with Crippen molar-refractivity contribution in [3.63, 3.8) is 0 Å². The second kappa shape index (κ2) is 7.18. The molecule has 7 heteroatoms. The van der Waals surface area contributed by atoms with Crippen LogP contribution in [0.1, 0.15) is 22.8 Å². The van der Waals surface area contributed by atoms with Crippen LogP contribution in [-0.2, 0) is 16.0 Å². The molecule has 1 aromatic carbocycles. The number of carbonyl (C=O) groups is 2. The van der Waals surface area contributed by atoms with E-state index in [2.05, 4.69) is 20.7 Å². The minimum atomic E-state index is -3.03. The van der Waals surface area contributed by atoms with Crippen LogP contribution < -0.4 is 4.74 Å². The molecule has 0 spiro atoms. The monoisotopic (exact) mass is 336 g/mol. The third-order valence-electron chi connectivity index (χ3n) is 2.16. The zero-order valence-electron chi connectivity index (χ0n) is 9.99. The van der Waals surface area contributed by atoms with E-state index in [0.29, 0.717) is 16.3 Å². The summed E-state index contributed by atoms with van der Waals surface area (Å²) in [6, 6.07) is 2.54. The van der Waals surface area contributed by atoms with Crippen LogP contribution in [0.5, 0.6) is 5.75 Å². The van der Waals surface area contributed by atoms with E-state index in [1.54, 1.807) is 6.92 Å². The first-order valence-corrected chi connectivity index (χ1v) is 6.15. The lowest BCUT2D eigenvalue weighted by molar-refractivity contribution is -0.142. The van der Waals surface area contributed by atoms with Crippen molar-refractivity contribution in [3.05, 3.63) is 27.7 Å². The van der Waals surface area contributed by atoms with Crippen molar-refractivity contribution >= 4 is 28.2 Å². The molecule has 0 amide bonds. The summed E-state index contributed by atoms with van der Waals surface area (Å²) in [6.45, 7) is -1.12. The molecule has 0 heterocycles. The largest absolute Gasteiger partial charge is 0.466 e. The van der Waals surface area contributed by atoms with E-state index in [1.165, 1.54) is 12.1 Å². The van der Waals surface area contributed by atoms with Gasteiger partial charge in [-0.15, -0.1) is 0 Å². The summed E-state index contributed by atoms with van der Waals surface area (Å²) in [6.07, 6.45) is 0.322. The molecule has 0 fully saturated rings. The number of esters is 1. The van der Waals surface area contributed by atoms with Crippen molar-refractivity contribution in [2.45, 2.75) is 20.0 Å². The molecule has 1 rings (SSSR count). The first-order chi connectivity index (χ1) is 8.97. The number of benzene rings is 1. The van der Waals surface area contributed by atoms with Gasteiger partial charge in [0.2, 0.25) is 0 Å². The van der Waals surface area contributed by atoms with Gasteiger partial charge in [0.15, 0.2) is 6.29 Å². The van der Waals surface area contributed by atoms with Gasteiger partial charge >= 0.3 is 12.6 Å². The molecular weight excluding hydrogens is 326 g/mol. The van der Waals surface area contributed by atoms with Gasteiger partial charge in [-0.3, -0.25) is 9.59 Å². The van der Waals surface area contributed by atoms with E-state index in [1.807, 2.05) is 0 Å². The Morgan fingerprint density at radius 3 is 2.68 bits per heavy atom. The highest BCUT2D eigenvalue weighted by molar-refractivity contribution is 9.10. The Morgan fingerprint density at radius 1 is 1.47 bits per heavy atom. The number of aldehydes is 1. The van der Waals surface area contributed by atoms with Crippen molar-refractivity contribution in [3.8, 4) is 5.75 Å². The summed E-state index contributed by atoms with van der Waals surface area (Å²) in [4.78, 5) is 22.2. The molecule has 0 bridgehead atoms. The molecule has 0 aromatic heterocycles. The van der Waals surface area contributed by atoms with Gasteiger partial charge in [-0.05, 0) is 24.6 Å². The van der Waals surface area contributed by atoms with Crippen LogP contribution in [-0.4, -0.2) is 25.5 Å². The third-order valence-corrected chi connectivity index (χ3v) is 2.90. The summed E-state index contributed by atoms with van der Waals surface area (Å²) in [7, 11) is 0. The molecule has 4 nitrogen and oxygen atoms in total. The molecular formula is C12H11BrF2O4. The number of alkyl halides is 2. The predicted molar refractivity (Wildman–Crippen MR) is 66.5 cm³/mol. The minimum absolute atomic E-state index is 0.0530. The highest BCUT2D eigenvalue weighted by atomic mass is 79.9. The molecule has 0 aliphatic heterocycles. The number of ether oxygens (including phenoxy) is 2. The van der Waals surface area contributed by atoms with Crippen molar-refractivity contribution in [1.29, 1.82) is 0 Å². The first-order valence-electron chi connectivity index (χ1n) is 5.36. The van der Waals surface area contributed by atoms with Crippen LogP contribution in [0.4, 0.5) is 8.78 Å². The molecule has 19 heavy (non-hydrogen) atoms. The Morgan fingerprint density at radius 2 is 2.16 bits per heavy atom. The Kier molecular flexibility index (Phi) is 5.88. The topological polar surface area (TPSA) is 52.6 Å². The van der Waals surface area contributed by atoms with Crippen LogP contribution in [0.2, 0.25) is 0 Å². The van der Waals surface area contributed by atoms with Gasteiger partial charge in [-0.2, -0.15) is 8.78 Å². The molecule has 0 N–H and O–H groups in total. The van der Waals surface area contributed by atoms with E-state index in [9.17, 15) is 18.4 Å². The van der Waals surface area contributed by atoms with Crippen molar-refractivity contribution in [2.24, 2.45) is 0 Å². The highest BCUT2D eigenvalue weighted by Gasteiger charge is 2.15. The fourth-order valence-electron chi connectivity index (χ4n) is 1.41. The smallest absolute Gasteiger partial charge is 0.387 e. The van der Waals surface area contributed by atoms with Crippen molar-refractivity contribution in [1.82, 2.24) is 0 Å². The average molecular weight is 337 g/mol. The first kappa shape index (κ1) is 15.6. The van der Waals surface area contributed by atoms with Crippen molar-refractivity contribution < 1.29 is 27.8 Å². The number of rotatable bonds is 6. The molecule has 0 unspecified atom stereocenters. The third kappa shape index (κ3) is 4.59. The Balaban J connectivity index is 3.02. The summed E-state index contributed by atoms with van der Waals surface area (Å²) in [5.74, 6) is -0.716. The van der Waals surface area contributed by atoms with Crippen LogP contribution in [0, 0.1) is 0 Å². The molecule has 0 aliphatic rings. The Labute approximate surface area is 116 Å². The number of carbonyl (C=O) groups excluding carboxylic acids is 2. The SMILES string of the molecule is CCOC(=O)Cc1cc(C=O)c(OC(F)F)cc1Br. The van der Waals surface area contributed by atoms with Crippen LogP contribution in [0.15, 0.2) is 16.6 Å². The quantitative estimate of drug-likeness (QED) is 0.592. The van der Waals surface area contributed by atoms with Gasteiger partial charge in [-0.1, -0.05) is 15.9 Å². The van der Waals surface area contributed by atoms with Gasteiger partial charge in [0, 0.05) is 4.47 Å². The maximum absolute atomic E-state index is 12.2. The highest BCUT2D eigenvalue weighted by Crippen LogP contribution is 2.28. The zero-order chi connectivity index (χ0) is 14.4. The lowest BCUT2D eigenvalue weighted by atomic mass is 10.1. The van der Waals surface area contributed by atoms with Crippen LogP contribution in [0.3, 0.4) is 0 Å². The van der Waals surface area contributed by atoms with E-state index < -0.39 is 12.6 Å². The normalized spacial score (nSPS) is 10.4. The second-order valence-corrected chi connectivity index (χ2v) is 4.31. The second-order valence-electron chi connectivity index (χ2n) is 3.46. The van der Waals surface area contributed by atoms with Gasteiger partial charge in [0.25, 0.3) is 0 Å². The Hall–Kier alpha value is -1.50. The number of halogens is 3. The summed E-state index contributed by atoms with van der Waals surface area (Å²) >= 11 is 3.13. The van der Waals surface area contributed by atoms with Crippen LogP contribution >= 0.6 is 15.9 Å². The maximum atomic E-state index is 12.2. The number of hydrogen-bond donors (Lipinski definition) is 0.